The summed E-state index contributed by atoms with van der Waals surface area (Å²) in [6, 6.07) is 8.68. The van der Waals surface area contributed by atoms with Crippen LogP contribution in [0, 0.1) is 12.7 Å². The predicted molar refractivity (Wildman–Crippen MR) is 100 cm³/mol. The molecule has 0 aliphatic carbocycles. The Labute approximate surface area is 156 Å². The fraction of sp³-hybridized carbons (Fsp3) is 0.278. The quantitative estimate of drug-likeness (QED) is 0.831. The normalized spacial score (nSPS) is 16.8. The molecule has 1 atom stereocenters. The van der Waals surface area contributed by atoms with Crippen LogP contribution in [0.2, 0.25) is 0 Å². The first-order valence-electron chi connectivity index (χ1n) is 8.09. The van der Waals surface area contributed by atoms with E-state index >= 15 is 0 Å². The topological polar surface area (TPSA) is 75.3 Å². The summed E-state index contributed by atoms with van der Waals surface area (Å²) in [5.74, 6) is 0.0784. The number of hydrogen-bond donors (Lipinski definition) is 2. The molecule has 0 spiro atoms. The average Bonchev–Trinajstić information content (AvgIpc) is 2.56. The highest BCUT2D eigenvalue weighted by Gasteiger charge is 2.27. The maximum atomic E-state index is 13.6. The first kappa shape index (κ1) is 18.9. The van der Waals surface area contributed by atoms with Crippen LogP contribution in [0.15, 0.2) is 46.2 Å². The van der Waals surface area contributed by atoms with Crippen molar-refractivity contribution in [3.05, 3.63) is 53.3 Å². The van der Waals surface area contributed by atoms with E-state index in [2.05, 4.69) is 10.0 Å². The Morgan fingerprint density at radius 3 is 2.73 bits per heavy atom. The number of hydrogen-bond acceptors (Lipinski definition) is 4. The Balaban J connectivity index is 1.93. The van der Waals surface area contributed by atoms with Gasteiger partial charge in [0.25, 0.3) is 0 Å². The van der Waals surface area contributed by atoms with Crippen molar-refractivity contribution in [3.63, 3.8) is 0 Å². The third-order valence-electron chi connectivity index (χ3n) is 4.11. The number of sulfonamides is 1. The second-order valence-corrected chi connectivity index (χ2v) is 8.97. The van der Waals surface area contributed by atoms with E-state index < -0.39 is 16.1 Å². The summed E-state index contributed by atoms with van der Waals surface area (Å²) in [6.07, 6.45) is 0.574. The number of nitrogens with one attached hydrogen (secondary N) is 2. The van der Waals surface area contributed by atoms with Gasteiger partial charge < -0.3 is 5.32 Å². The molecular weight excluding hydrogens is 375 g/mol. The minimum absolute atomic E-state index is 0.0972. The van der Waals surface area contributed by atoms with Crippen molar-refractivity contribution >= 4 is 33.4 Å². The van der Waals surface area contributed by atoms with Gasteiger partial charge in [-0.2, -0.15) is 0 Å². The lowest BCUT2D eigenvalue weighted by Crippen LogP contribution is -2.31. The SMILES string of the molecule is CC(=O)Nc1ccc(C)c(S(=O)(=O)NC2CCSc3ccc(F)cc32)c1. The van der Waals surface area contributed by atoms with E-state index in [9.17, 15) is 17.6 Å². The zero-order valence-corrected chi connectivity index (χ0v) is 16.0. The number of amides is 1. The van der Waals surface area contributed by atoms with Crippen LogP contribution in [0.3, 0.4) is 0 Å². The number of halogens is 1. The van der Waals surface area contributed by atoms with E-state index in [1.165, 1.54) is 25.1 Å². The van der Waals surface area contributed by atoms with Crippen LogP contribution in [-0.2, 0) is 14.8 Å². The molecule has 8 heteroatoms. The van der Waals surface area contributed by atoms with Gasteiger partial charge in [-0.3, -0.25) is 4.79 Å². The van der Waals surface area contributed by atoms with E-state index in [0.717, 1.165) is 10.6 Å². The Kier molecular flexibility index (Phi) is 5.36. The molecule has 0 bridgehead atoms. The Morgan fingerprint density at radius 2 is 2.00 bits per heavy atom. The van der Waals surface area contributed by atoms with Crippen LogP contribution in [0.25, 0.3) is 0 Å². The summed E-state index contributed by atoms with van der Waals surface area (Å²) in [5, 5.41) is 2.59. The van der Waals surface area contributed by atoms with Gasteiger partial charge in [-0.05, 0) is 60.6 Å². The highest BCUT2D eigenvalue weighted by molar-refractivity contribution is 7.99. The molecule has 2 aromatic rings. The second kappa shape index (κ2) is 7.38. The standard InChI is InChI=1S/C18H19FN2O3S2/c1-11-3-5-14(20-12(2)22)10-18(11)26(23,24)21-16-7-8-25-17-6-4-13(19)9-15(16)17/h3-6,9-10,16,21H,7-8H2,1-2H3,(H,20,22). The van der Waals surface area contributed by atoms with Gasteiger partial charge in [0.15, 0.2) is 0 Å². The molecule has 1 aliphatic heterocycles. The molecule has 0 saturated heterocycles. The van der Waals surface area contributed by atoms with Crippen molar-refractivity contribution < 1.29 is 17.6 Å². The van der Waals surface area contributed by atoms with Crippen molar-refractivity contribution in [1.29, 1.82) is 0 Å². The highest BCUT2D eigenvalue weighted by Crippen LogP contribution is 2.37. The van der Waals surface area contributed by atoms with Crippen LogP contribution < -0.4 is 10.0 Å². The molecule has 0 saturated carbocycles. The van der Waals surface area contributed by atoms with Gasteiger partial charge in [0.1, 0.15) is 5.82 Å². The zero-order chi connectivity index (χ0) is 18.9. The van der Waals surface area contributed by atoms with E-state index in [0.29, 0.717) is 23.2 Å². The molecule has 1 unspecified atom stereocenters. The molecular formula is C18H19FN2O3S2. The van der Waals surface area contributed by atoms with E-state index in [1.54, 1.807) is 36.9 Å². The van der Waals surface area contributed by atoms with Crippen LogP contribution in [0.5, 0.6) is 0 Å². The number of benzene rings is 2. The molecule has 3 rings (SSSR count). The lowest BCUT2D eigenvalue weighted by molar-refractivity contribution is -0.114. The Morgan fingerprint density at radius 1 is 1.23 bits per heavy atom. The van der Waals surface area contributed by atoms with Crippen LogP contribution >= 0.6 is 11.8 Å². The molecule has 0 fully saturated rings. The molecule has 5 nitrogen and oxygen atoms in total. The Bertz CT molecular complexity index is 961. The number of carbonyl (C=O) groups excluding carboxylic acids is 1. The first-order chi connectivity index (χ1) is 12.3. The summed E-state index contributed by atoms with van der Waals surface area (Å²) in [5.41, 5.74) is 1.63. The van der Waals surface area contributed by atoms with Crippen molar-refractivity contribution in [2.45, 2.75) is 36.1 Å². The van der Waals surface area contributed by atoms with E-state index in [-0.39, 0.29) is 16.6 Å². The van der Waals surface area contributed by atoms with Gasteiger partial charge in [-0.25, -0.2) is 17.5 Å². The average molecular weight is 394 g/mol. The van der Waals surface area contributed by atoms with Gasteiger partial charge in [-0.1, -0.05) is 6.07 Å². The molecule has 0 aromatic heterocycles. The highest BCUT2D eigenvalue weighted by atomic mass is 32.2. The van der Waals surface area contributed by atoms with Crippen LogP contribution in [-0.4, -0.2) is 20.1 Å². The summed E-state index contributed by atoms with van der Waals surface area (Å²) < 4.78 is 42.2. The van der Waals surface area contributed by atoms with Crippen molar-refractivity contribution in [2.24, 2.45) is 0 Å². The minimum Gasteiger partial charge on any atom is -0.326 e. The lowest BCUT2D eigenvalue weighted by Gasteiger charge is -2.26. The van der Waals surface area contributed by atoms with Crippen molar-refractivity contribution in [3.8, 4) is 0 Å². The van der Waals surface area contributed by atoms with Gasteiger partial charge in [0.2, 0.25) is 15.9 Å². The number of aryl methyl sites for hydroxylation is 1. The summed E-state index contributed by atoms with van der Waals surface area (Å²) in [6.45, 7) is 3.05. The van der Waals surface area contributed by atoms with Crippen LogP contribution in [0.1, 0.15) is 30.5 Å². The fourth-order valence-corrected chi connectivity index (χ4v) is 5.54. The molecule has 1 heterocycles. The molecule has 1 aliphatic rings. The van der Waals surface area contributed by atoms with Crippen molar-refractivity contribution in [2.75, 3.05) is 11.1 Å². The number of fused-ring (bicyclic) bond motifs is 1. The van der Waals surface area contributed by atoms with Gasteiger partial charge >= 0.3 is 0 Å². The van der Waals surface area contributed by atoms with E-state index in [4.69, 9.17) is 0 Å². The minimum atomic E-state index is -3.84. The summed E-state index contributed by atoms with van der Waals surface area (Å²) in [4.78, 5) is 12.2. The zero-order valence-electron chi connectivity index (χ0n) is 14.4. The van der Waals surface area contributed by atoms with Crippen LogP contribution in [0.4, 0.5) is 10.1 Å². The fourth-order valence-electron chi connectivity index (χ4n) is 2.91. The van der Waals surface area contributed by atoms with Gasteiger partial charge in [0.05, 0.1) is 4.90 Å². The smallest absolute Gasteiger partial charge is 0.241 e. The number of anilines is 1. The number of rotatable bonds is 4. The second-order valence-electron chi connectivity index (χ2n) is 6.15. The molecule has 138 valence electrons. The summed E-state index contributed by atoms with van der Waals surface area (Å²) >= 11 is 1.59. The monoisotopic (exact) mass is 394 g/mol. The molecule has 1 amide bonds. The molecule has 2 N–H and O–H groups in total. The largest absolute Gasteiger partial charge is 0.326 e. The number of carbonyl (C=O) groups is 1. The molecule has 2 aromatic carbocycles. The lowest BCUT2D eigenvalue weighted by atomic mass is 10.0. The third-order valence-corrected chi connectivity index (χ3v) is 6.84. The van der Waals surface area contributed by atoms with E-state index in [1.807, 2.05) is 0 Å². The maximum Gasteiger partial charge on any atom is 0.241 e. The van der Waals surface area contributed by atoms with Gasteiger partial charge in [-0.15, -0.1) is 11.8 Å². The molecule has 0 radical (unpaired) electrons. The van der Waals surface area contributed by atoms with Gasteiger partial charge in [0, 0.05) is 23.5 Å². The maximum absolute atomic E-state index is 13.6. The van der Waals surface area contributed by atoms with Crippen molar-refractivity contribution in [1.82, 2.24) is 4.72 Å². The first-order valence-corrected chi connectivity index (χ1v) is 10.6. The Hall–Kier alpha value is -1.90. The third kappa shape index (κ3) is 4.08. The molecule has 26 heavy (non-hydrogen) atoms. The number of thioether (sulfide) groups is 1. The predicted octanol–water partition coefficient (Wildman–Crippen LogP) is 3.61. The summed E-state index contributed by atoms with van der Waals surface area (Å²) in [7, 11) is -3.84.